The summed E-state index contributed by atoms with van der Waals surface area (Å²) in [5.74, 6) is -0.0330. The smallest absolute Gasteiger partial charge is 0.331 e. The van der Waals surface area contributed by atoms with Crippen molar-refractivity contribution in [2.75, 3.05) is 51.8 Å². The first-order valence-electron chi connectivity index (χ1n) is 12.0. The first-order chi connectivity index (χ1) is 16.4. The topological polar surface area (TPSA) is 99.2 Å². The monoisotopic (exact) mass is 481 g/mol. The summed E-state index contributed by atoms with van der Waals surface area (Å²) in [6.07, 6.45) is 1.83. The molecule has 1 saturated carbocycles. The number of rotatable bonds is 14. The normalized spacial score (nSPS) is 20.0. The summed E-state index contributed by atoms with van der Waals surface area (Å²) in [4.78, 5) is 32.3. The standard InChI is InChI=1S/C24H36FN3O6/c1-5-24(6-2,23(30)33-7-3)27-21(29)19-8-9-20(28-11-18(12-28)31-4)22(26-19)34-14-17-10-16(17)13-32-15-25/h8-9,16-18H,5-7,10-15H2,1-4H3,(H,27,29)/t16-,17-/m1/s1. The van der Waals surface area contributed by atoms with Crippen LogP contribution in [0.1, 0.15) is 50.5 Å². The molecule has 3 rings (SSSR count). The van der Waals surface area contributed by atoms with E-state index in [1.807, 2.05) is 19.9 Å². The van der Waals surface area contributed by atoms with E-state index in [1.54, 1.807) is 20.1 Å². The molecule has 1 aromatic heterocycles. The summed E-state index contributed by atoms with van der Waals surface area (Å²) in [6.45, 7) is 7.03. The fraction of sp³-hybridized carbons (Fsp3) is 0.708. The first kappa shape index (κ1) is 26.2. The second-order valence-corrected chi connectivity index (χ2v) is 8.79. The highest BCUT2D eigenvalue weighted by molar-refractivity contribution is 5.97. The summed E-state index contributed by atoms with van der Waals surface area (Å²) in [5.41, 5.74) is -0.175. The molecule has 0 bridgehead atoms. The summed E-state index contributed by atoms with van der Waals surface area (Å²) >= 11 is 0. The minimum absolute atomic E-state index is 0.140. The summed E-state index contributed by atoms with van der Waals surface area (Å²) in [6, 6.07) is 3.44. The molecule has 0 unspecified atom stereocenters. The number of nitrogens with one attached hydrogen (secondary N) is 1. The van der Waals surface area contributed by atoms with Crippen LogP contribution < -0.4 is 15.0 Å². The molecule has 2 atom stereocenters. The number of ether oxygens (including phenoxy) is 4. The molecule has 10 heteroatoms. The quantitative estimate of drug-likeness (QED) is 0.405. The van der Waals surface area contributed by atoms with E-state index in [2.05, 4.69) is 15.2 Å². The van der Waals surface area contributed by atoms with Crippen molar-refractivity contribution in [3.63, 3.8) is 0 Å². The molecule has 1 aliphatic heterocycles. The van der Waals surface area contributed by atoms with Crippen molar-refractivity contribution >= 4 is 17.6 Å². The maximum Gasteiger partial charge on any atom is 0.331 e. The molecular formula is C24H36FN3O6. The molecule has 9 nitrogen and oxygen atoms in total. The number of carbonyl (C=O) groups is 2. The van der Waals surface area contributed by atoms with Crippen LogP contribution in [-0.2, 0) is 19.0 Å². The van der Waals surface area contributed by atoms with Crippen LogP contribution in [0.25, 0.3) is 0 Å². The van der Waals surface area contributed by atoms with Gasteiger partial charge in [0.2, 0.25) is 5.88 Å². The average molecular weight is 482 g/mol. The largest absolute Gasteiger partial charge is 0.476 e. The number of esters is 1. The van der Waals surface area contributed by atoms with Gasteiger partial charge in [0.25, 0.3) is 5.91 Å². The highest BCUT2D eigenvalue weighted by atomic mass is 19.1. The van der Waals surface area contributed by atoms with E-state index >= 15 is 0 Å². The Morgan fingerprint density at radius 2 is 1.88 bits per heavy atom. The maximum atomic E-state index is 13.1. The van der Waals surface area contributed by atoms with Crippen LogP contribution in [-0.4, -0.2) is 75.4 Å². The molecular weight excluding hydrogens is 445 g/mol. The zero-order chi connectivity index (χ0) is 24.7. The van der Waals surface area contributed by atoms with Gasteiger partial charge in [-0.15, -0.1) is 0 Å². The van der Waals surface area contributed by atoms with Crippen LogP contribution in [0.4, 0.5) is 10.1 Å². The Morgan fingerprint density at radius 1 is 1.18 bits per heavy atom. The number of pyridine rings is 1. The third kappa shape index (κ3) is 5.96. The second-order valence-electron chi connectivity index (χ2n) is 8.79. The highest BCUT2D eigenvalue weighted by Gasteiger charge is 2.40. The van der Waals surface area contributed by atoms with Crippen LogP contribution in [0.2, 0.25) is 0 Å². The molecule has 34 heavy (non-hydrogen) atoms. The molecule has 2 aliphatic rings. The van der Waals surface area contributed by atoms with Crippen LogP contribution in [0.3, 0.4) is 0 Å². The third-order valence-corrected chi connectivity index (χ3v) is 6.73. The number of alkyl halides is 1. The Morgan fingerprint density at radius 3 is 2.50 bits per heavy atom. The lowest BCUT2D eigenvalue weighted by Gasteiger charge is -2.40. The lowest BCUT2D eigenvalue weighted by atomic mass is 9.92. The Bertz CT molecular complexity index is 844. The van der Waals surface area contributed by atoms with Crippen molar-refractivity contribution in [2.24, 2.45) is 11.8 Å². The van der Waals surface area contributed by atoms with E-state index in [0.717, 1.165) is 12.1 Å². The van der Waals surface area contributed by atoms with E-state index in [-0.39, 0.29) is 30.2 Å². The van der Waals surface area contributed by atoms with Crippen molar-refractivity contribution < 1.29 is 32.9 Å². The molecule has 2 fully saturated rings. The van der Waals surface area contributed by atoms with E-state index in [9.17, 15) is 14.0 Å². The van der Waals surface area contributed by atoms with Gasteiger partial charge in [-0.1, -0.05) is 13.8 Å². The highest BCUT2D eigenvalue weighted by Crippen LogP contribution is 2.40. The lowest BCUT2D eigenvalue weighted by Crippen LogP contribution is -2.54. The van der Waals surface area contributed by atoms with Crippen molar-refractivity contribution in [3.05, 3.63) is 17.8 Å². The minimum Gasteiger partial charge on any atom is -0.476 e. The zero-order valence-electron chi connectivity index (χ0n) is 20.5. The molecule has 190 valence electrons. The number of hydrogen-bond acceptors (Lipinski definition) is 8. The van der Waals surface area contributed by atoms with Crippen molar-refractivity contribution in [2.45, 2.75) is 51.7 Å². The van der Waals surface area contributed by atoms with E-state index in [1.165, 1.54) is 0 Å². The van der Waals surface area contributed by atoms with Gasteiger partial charge in [0, 0.05) is 20.2 Å². The van der Waals surface area contributed by atoms with Crippen LogP contribution in [0.5, 0.6) is 5.88 Å². The van der Waals surface area contributed by atoms with E-state index < -0.39 is 24.3 Å². The number of aromatic nitrogens is 1. The van der Waals surface area contributed by atoms with Gasteiger partial charge < -0.3 is 29.2 Å². The van der Waals surface area contributed by atoms with Crippen molar-refractivity contribution in [1.82, 2.24) is 10.3 Å². The van der Waals surface area contributed by atoms with Gasteiger partial charge in [0.15, 0.2) is 6.86 Å². The van der Waals surface area contributed by atoms with Crippen LogP contribution >= 0.6 is 0 Å². The molecule has 0 aromatic carbocycles. The molecule has 0 radical (unpaired) electrons. The molecule has 1 saturated heterocycles. The lowest BCUT2D eigenvalue weighted by molar-refractivity contribution is -0.151. The van der Waals surface area contributed by atoms with E-state index in [4.69, 9.17) is 18.9 Å². The van der Waals surface area contributed by atoms with E-state index in [0.29, 0.717) is 45.0 Å². The number of amides is 1. The van der Waals surface area contributed by atoms with Gasteiger partial charge in [-0.3, -0.25) is 4.79 Å². The number of hydrogen-bond donors (Lipinski definition) is 1. The van der Waals surface area contributed by atoms with Gasteiger partial charge in [-0.2, -0.15) is 0 Å². The fourth-order valence-corrected chi connectivity index (χ4v) is 4.11. The van der Waals surface area contributed by atoms with Crippen LogP contribution in [0, 0.1) is 11.8 Å². The number of nitrogens with zero attached hydrogens (tertiary/aromatic N) is 2. The number of carbonyl (C=O) groups excluding carboxylic acids is 2. The molecule has 1 N–H and O–H groups in total. The zero-order valence-corrected chi connectivity index (χ0v) is 20.5. The molecule has 0 spiro atoms. The Kier molecular flexibility index (Phi) is 9.07. The van der Waals surface area contributed by atoms with Gasteiger partial charge in [0.05, 0.1) is 25.9 Å². The summed E-state index contributed by atoms with van der Waals surface area (Å²) in [5, 5.41) is 2.84. The minimum atomic E-state index is -1.12. The molecule has 2 heterocycles. The Labute approximate surface area is 200 Å². The van der Waals surface area contributed by atoms with Gasteiger partial charge in [-0.25, -0.2) is 14.2 Å². The fourth-order valence-electron chi connectivity index (χ4n) is 4.11. The van der Waals surface area contributed by atoms with Gasteiger partial charge in [0.1, 0.15) is 16.9 Å². The summed E-state index contributed by atoms with van der Waals surface area (Å²) in [7, 11) is 1.68. The average Bonchev–Trinajstić information content (AvgIpc) is 3.58. The second kappa shape index (κ2) is 11.8. The SMILES string of the molecule is CCOC(=O)C(CC)(CC)NC(=O)c1ccc(N2CC(OC)C2)c(OC[C@H]2C[C@@H]2COCF)n1. The maximum absolute atomic E-state index is 13.1. The molecule has 1 aliphatic carbocycles. The predicted molar refractivity (Wildman–Crippen MR) is 124 cm³/mol. The predicted octanol–water partition coefficient (Wildman–Crippen LogP) is 2.73. The number of methoxy groups -OCH3 is 1. The Hall–Kier alpha value is -2.46. The van der Waals surface area contributed by atoms with Crippen molar-refractivity contribution in [3.8, 4) is 5.88 Å². The number of anilines is 1. The summed E-state index contributed by atoms with van der Waals surface area (Å²) < 4.78 is 33.7. The molecule has 1 aromatic rings. The number of halogens is 1. The third-order valence-electron chi connectivity index (χ3n) is 6.73. The van der Waals surface area contributed by atoms with Gasteiger partial charge in [-0.05, 0) is 50.2 Å². The first-order valence-corrected chi connectivity index (χ1v) is 12.0. The van der Waals surface area contributed by atoms with Crippen molar-refractivity contribution in [1.29, 1.82) is 0 Å². The Balaban J connectivity index is 1.75. The van der Waals surface area contributed by atoms with Crippen LogP contribution in [0.15, 0.2) is 12.1 Å². The molecule has 1 amide bonds. The van der Waals surface area contributed by atoms with Gasteiger partial charge >= 0.3 is 5.97 Å².